The molecule has 0 unspecified atom stereocenters. The maximum absolute atomic E-state index is 12.3. The van der Waals surface area contributed by atoms with Crippen molar-refractivity contribution in [2.45, 2.75) is 0 Å². The number of nitrogens with zero attached hydrogens (tertiary/aromatic N) is 2. The van der Waals surface area contributed by atoms with E-state index in [9.17, 15) is 9.90 Å². The van der Waals surface area contributed by atoms with Crippen LogP contribution < -0.4 is 4.90 Å². The summed E-state index contributed by atoms with van der Waals surface area (Å²) in [5.41, 5.74) is 1.82. The Morgan fingerprint density at radius 3 is 2.50 bits per heavy atom. The van der Waals surface area contributed by atoms with Crippen molar-refractivity contribution in [3.05, 3.63) is 64.6 Å². The molecule has 124 valence electrons. The molecule has 1 amide bonds. The van der Waals surface area contributed by atoms with Crippen LogP contribution in [0.2, 0.25) is 0 Å². The fraction of sp³-hybridized carbons (Fsp3) is 0.211. The van der Waals surface area contributed by atoms with E-state index in [-0.39, 0.29) is 11.7 Å². The molecule has 4 nitrogen and oxygen atoms in total. The average Bonchev–Trinajstić information content (AvgIpc) is 2.60. The number of aromatic hydroxyl groups is 1. The van der Waals surface area contributed by atoms with Gasteiger partial charge in [0.05, 0.1) is 5.69 Å². The van der Waals surface area contributed by atoms with Crippen LogP contribution in [0.1, 0.15) is 5.56 Å². The summed E-state index contributed by atoms with van der Waals surface area (Å²) in [4.78, 5) is 16.3. The third-order valence-corrected chi connectivity index (χ3v) is 4.57. The zero-order chi connectivity index (χ0) is 16.9. The van der Waals surface area contributed by atoms with Gasteiger partial charge in [0.1, 0.15) is 5.75 Å². The minimum absolute atomic E-state index is 0.0203. The van der Waals surface area contributed by atoms with Crippen LogP contribution in [0.3, 0.4) is 0 Å². The fourth-order valence-corrected chi connectivity index (χ4v) is 3.20. The van der Waals surface area contributed by atoms with Gasteiger partial charge in [-0.2, -0.15) is 0 Å². The molecule has 0 aromatic heterocycles. The van der Waals surface area contributed by atoms with E-state index < -0.39 is 0 Å². The highest BCUT2D eigenvalue weighted by molar-refractivity contribution is 9.10. The number of piperazine rings is 1. The largest absolute Gasteiger partial charge is 0.506 e. The van der Waals surface area contributed by atoms with Crippen LogP contribution in [0.25, 0.3) is 6.08 Å². The van der Waals surface area contributed by atoms with E-state index in [1.165, 1.54) is 0 Å². The summed E-state index contributed by atoms with van der Waals surface area (Å²) < 4.78 is 0.994. The van der Waals surface area contributed by atoms with Gasteiger partial charge in [0.2, 0.25) is 5.91 Å². The van der Waals surface area contributed by atoms with Crippen molar-refractivity contribution in [2.24, 2.45) is 0 Å². The predicted molar refractivity (Wildman–Crippen MR) is 100 cm³/mol. The number of rotatable bonds is 3. The second-order valence-electron chi connectivity index (χ2n) is 5.69. The zero-order valence-electron chi connectivity index (χ0n) is 13.2. The summed E-state index contributed by atoms with van der Waals surface area (Å²) in [5.74, 6) is 0.304. The highest BCUT2D eigenvalue weighted by Gasteiger charge is 2.21. The number of benzene rings is 2. The lowest BCUT2D eigenvalue weighted by Crippen LogP contribution is -2.48. The molecule has 0 spiro atoms. The Morgan fingerprint density at radius 2 is 1.79 bits per heavy atom. The number of amides is 1. The first-order valence-corrected chi connectivity index (χ1v) is 8.68. The molecule has 24 heavy (non-hydrogen) atoms. The van der Waals surface area contributed by atoms with Gasteiger partial charge in [0.25, 0.3) is 0 Å². The molecule has 1 saturated heterocycles. The Kier molecular flexibility index (Phi) is 5.20. The summed E-state index contributed by atoms with van der Waals surface area (Å²) in [6, 6.07) is 15.1. The van der Waals surface area contributed by atoms with Crippen LogP contribution in [0, 0.1) is 0 Å². The number of halogens is 1. The van der Waals surface area contributed by atoms with Gasteiger partial charge < -0.3 is 14.9 Å². The standard InChI is InChI=1S/C19H19BrN2O2/c20-16-5-3-4-15(14-16)8-9-19(24)22-12-10-21(11-13-22)17-6-1-2-7-18(17)23/h1-9,14,23H,10-13H2. The number of para-hydroxylation sites is 2. The number of carbonyl (C=O) groups is 1. The van der Waals surface area contributed by atoms with Crippen molar-refractivity contribution in [1.82, 2.24) is 4.90 Å². The second kappa shape index (κ2) is 7.53. The van der Waals surface area contributed by atoms with Crippen LogP contribution in [0.5, 0.6) is 5.75 Å². The molecule has 0 bridgehead atoms. The Bertz CT molecular complexity index is 753. The number of anilines is 1. The molecular formula is C19H19BrN2O2. The normalized spacial score (nSPS) is 15.0. The van der Waals surface area contributed by atoms with E-state index in [1.807, 2.05) is 53.4 Å². The topological polar surface area (TPSA) is 43.8 Å². The average molecular weight is 387 g/mol. The summed E-state index contributed by atoms with van der Waals surface area (Å²) >= 11 is 3.43. The maximum Gasteiger partial charge on any atom is 0.246 e. The number of phenols is 1. The highest BCUT2D eigenvalue weighted by Crippen LogP contribution is 2.27. The predicted octanol–water partition coefficient (Wildman–Crippen LogP) is 3.52. The number of carbonyl (C=O) groups excluding carboxylic acids is 1. The van der Waals surface area contributed by atoms with Crippen molar-refractivity contribution < 1.29 is 9.90 Å². The first kappa shape index (κ1) is 16.6. The molecule has 3 rings (SSSR count). The van der Waals surface area contributed by atoms with Gasteiger partial charge in [-0.3, -0.25) is 4.79 Å². The van der Waals surface area contributed by atoms with E-state index >= 15 is 0 Å². The monoisotopic (exact) mass is 386 g/mol. The third kappa shape index (κ3) is 3.97. The second-order valence-corrected chi connectivity index (χ2v) is 6.61. The smallest absolute Gasteiger partial charge is 0.246 e. The Hall–Kier alpha value is -2.27. The molecule has 5 heteroatoms. The summed E-state index contributed by atoms with van der Waals surface area (Å²) in [5, 5.41) is 9.93. The van der Waals surface area contributed by atoms with Gasteiger partial charge in [-0.25, -0.2) is 0 Å². The van der Waals surface area contributed by atoms with E-state index in [4.69, 9.17) is 0 Å². The Balaban J connectivity index is 1.58. The molecule has 1 aliphatic heterocycles. The van der Waals surface area contributed by atoms with Gasteiger partial charge >= 0.3 is 0 Å². The van der Waals surface area contributed by atoms with Gasteiger partial charge in [-0.15, -0.1) is 0 Å². The van der Waals surface area contributed by atoms with Crippen LogP contribution >= 0.6 is 15.9 Å². The van der Waals surface area contributed by atoms with E-state index in [1.54, 1.807) is 12.1 Å². The quantitative estimate of drug-likeness (QED) is 0.820. The Labute approximate surface area is 150 Å². The molecule has 0 atom stereocenters. The molecule has 1 N–H and O–H groups in total. The van der Waals surface area contributed by atoms with Gasteiger partial charge in [0.15, 0.2) is 0 Å². The lowest BCUT2D eigenvalue weighted by Gasteiger charge is -2.35. The van der Waals surface area contributed by atoms with Crippen molar-refractivity contribution >= 4 is 33.6 Å². The highest BCUT2D eigenvalue weighted by atomic mass is 79.9. The molecule has 0 radical (unpaired) electrons. The molecule has 2 aromatic carbocycles. The molecule has 2 aromatic rings. The van der Waals surface area contributed by atoms with E-state index in [2.05, 4.69) is 20.8 Å². The van der Waals surface area contributed by atoms with Gasteiger partial charge in [0, 0.05) is 36.7 Å². The van der Waals surface area contributed by atoms with Crippen molar-refractivity contribution in [3.63, 3.8) is 0 Å². The summed E-state index contributed by atoms with van der Waals surface area (Å²) in [7, 11) is 0. The zero-order valence-corrected chi connectivity index (χ0v) is 14.8. The molecule has 0 aliphatic carbocycles. The molecule has 1 heterocycles. The summed E-state index contributed by atoms with van der Waals surface area (Å²) in [6.45, 7) is 2.73. The van der Waals surface area contributed by atoms with E-state index in [0.717, 1.165) is 15.7 Å². The fourth-order valence-electron chi connectivity index (χ4n) is 2.78. The first-order valence-electron chi connectivity index (χ1n) is 7.89. The Morgan fingerprint density at radius 1 is 1.04 bits per heavy atom. The minimum Gasteiger partial charge on any atom is -0.506 e. The SMILES string of the molecule is O=C(C=Cc1cccc(Br)c1)N1CCN(c2ccccc2O)CC1. The van der Waals surface area contributed by atoms with Crippen molar-refractivity contribution in [2.75, 3.05) is 31.1 Å². The molecule has 1 aliphatic rings. The molecule has 1 fully saturated rings. The van der Waals surface area contributed by atoms with Gasteiger partial charge in [-0.1, -0.05) is 40.2 Å². The first-order chi connectivity index (χ1) is 11.6. The van der Waals surface area contributed by atoms with Gasteiger partial charge in [-0.05, 0) is 35.9 Å². The van der Waals surface area contributed by atoms with Crippen LogP contribution in [-0.2, 0) is 4.79 Å². The molecular weight excluding hydrogens is 368 g/mol. The minimum atomic E-state index is 0.0203. The molecule has 0 saturated carbocycles. The number of hydrogen-bond donors (Lipinski definition) is 1. The van der Waals surface area contributed by atoms with Crippen LogP contribution in [0.15, 0.2) is 59.1 Å². The van der Waals surface area contributed by atoms with Crippen LogP contribution in [0.4, 0.5) is 5.69 Å². The maximum atomic E-state index is 12.3. The number of phenolic OH excluding ortho intramolecular Hbond substituents is 1. The van der Waals surface area contributed by atoms with Crippen molar-refractivity contribution in [1.29, 1.82) is 0 Å². The van der Waals surface area contributed by atoms with Crippen molar-refractivity contribution in [3.8, 4) is 5.75 Å². The number of hydrogen-bond acceptors (Lipinski definition) is 3. The summed E-state index contributed by atoms with van der Waals surface area (Å²) in [6.07, 6.45) is 3.46. The lowest BCUT2D eigenvalue weighted by atomic mass is 10.2. The lowest BCUT2D eigenvalue weighted by molar-refractivity contribution is -0.126. The van der Waals surface area contributed by atoms with Crippen LogP contribution in [-0.4, -0.2) is 42.1 Å². The third-order valence-electron chi connectivity index (χ3n) is 4.08. The van der Waals surface area contributed by atoms with E-state index in [0.29, 0.717) is 26.2 Å².